The zero-order valence-corrected chi connectivity index (χ0v) is 17.9. The van der Waals surface area contributed by atoms with Crippen LogP contribution in [-0.2, 0) is 17.6 Å². The van der Waals surface area contributed by atoms with Gasteiger partial charge in [-0.2, -0.15) is 0 Å². The summed E-state index contributed by atoms with van der Waals surface area (Å²) in [5.74, 6) is 0.839. The Hall–Kier alpha value is -1.16. The number of ether oxygens (including phenoxy) is 1. The van der Waals surface area contributed by atoms with Gasteiger partial charge in [-0.25, -0.2) is 0 Å². The lowest BCUT2D eigenvalue weighted by atomic mass is 9.94. The van der Waals surface area contributed by atoms with Gasteiger partial charge >= 0.3 is 0 Å². The van der Waals surface area contributed by atoms with Crippen LogP contribution in [0.15, 0.2) is 35.9 Å². The Morgan fingerprint density at radius 3 is 2.43 bits per heavy atom. The summed E-state index contributed by atoms with van der Waals surface area (Å²) >= 11 is 0. The van der Waals surface area contributed by atoms with E-state index in [0.717, 1.165) is 31.7 Å². The lowest BCUT2D eigenvalue weighted by Crippen LogP contribution is -2.45. The van der Waals surface area contributed by atoms with Crippen molar-refractivity contribution in [2.24, 2.45) is 5.92 Å². The van der Waals surface area contributed by atoms with Gasteiger partial charge in [0.15, 0.2) is 0 Å². The van der Waals surface area contributed by atoms with Gasteiger partial charge in [-0.1, -0.05) is 35.9 Å². The SMILES string of the molecule is C/C=C(\C)CN(CC1CCN(C2Cc3ccccc3C2)CC1)C[C@@H]1CCCO1. The third kappa shape index (κ3) is 5.06. The normalized spacial score (nSPS) is 25.0. The Kier molecular flexibility index (Phi) is 6.87. The zero-order valence-electron chi connectivity index (χ0n) is 17.9. The van der Waals surface area contributed by atoms with Crippen molar-refractivity contribution >= 4 is 0 Å². The van der Waals surface area contributed by atoms with Crippen molar-refractivity contribution in [3.8, 4) is 0 Å². The van der Waals surface area contributed by atoms with Crippen LogP contribution in [0, 0.1) is 5.92 Å². The van der Waals surface area contributed by atoms with Crippen molar-refractivity contribution in [1.29, 1.82) is 0 Å². The van der Waals surface area contributed by atoms with Crippen LogP contribution < -0.4 is 0 Å². The van der Waals surface area contributed by atoms with Gasteiger partial charge in [-0.05, 0) is 82.5 Å². The van der Waals surface area contributed by atoms with Crippen LogP contribution in [0.4, 0.5) is 0 Å². The van der Waals surface area contributed by atoms with E-state index in [-0.39, 0.29) is 0 Å². The van der Waals surface area contributed by atoms with Crippen LogP contribution in [0.3, 0.4) is 0 Å². The highest BCUT2D eigenvalue weighted by Crippen LogP contribution is 2.29. The summed E-state index contributed by atoms with van der Waals surface area (Å²) in [6.07, 6.45) is 10.4. The number of allylic oxidation sites excluding steroid dienone is 1. The fraction of sp³-hybridized carbons (Fsp3) is 0.680. The summed E-state index contributed by atoms with van der Waals surface area (Å²) in [6, 6.07) is 9.79. The average molecular weight is 383 g/mol. The van der Waals surface area contributed by atoms with Crippen molar-refractivity contribution < 1.29 is 4.74 Å². The van der Waals surface area contributed by atoms with Crippen LogP contribution >= 0.6 is 0 Å². The van der Waals surface area contributed by atoms with E-state index < -0.39 is 0 Å². The van der Waals surface area contributed by atoms with Gasteiger partial charge in [0, 0.05) is 32.3 Å². The van der Waals surface area contributed by atoms with Gasteiger partial charge in [-0.15, -0.1) is 0 Å². The molecular weight excluding hydrogens is 344 g/mol. The van der Waals surface area contributed by atoms with Crippen LogP contribution in [0.1, 0.15) is 50.7 Å². The quantitative estimate of drug-likeness (QED) is 0.654. The Morgan fingerprint density at radius 2 is 1.82 bits per heavy atom. The number of rotatable bonds is 7. The van der Waals surface area contributed by atoms with Crippen molar-refractivity contribution in [3.63, 3.8) is 0 Å². The van der Waals surface area contributed by atoms with E-state index in [9.17, 15) is 0 Å². The first-order chi connectivity index (χ1) is 13.7. The van der Waals surface area contributed by atoms with Gasteiger partial charge in [0.1, 0.15) is 0 Å². The molecule has 1 aromatic rings. The molecule has 0 amide bonds. The Morgan fingerprint density at radius 1 is 1.11 bits per heavy atom. The monoisotopic (exact) mass is 382 g/mol. The molecular formula is C25H38N2O. The third-order valence-corrected chi connectivity index (χ3v) is 7.16. The first-order valence-corrected chi connectivity index (χ1v) is 11.5. The average Bonchev–Trinajstić information content (AvgIpc) is 3.37. The third-order valence-electron chi connectivity index (χ3n) is 7.16. The second-order valence-electron chi connectivity index (χ2n) is 9.27. The molecule has 2 heterocycles. The summed E-state index contributed by atoms with van der Waals surface area (Å²) < 4.78 is 5.93. The maximum absolute atomic E-state index is 5.93. The maximum atomic E-state index is 5.93. The highest BCUT2D eigenvalue weighted by atomic mass is 16.5. The van der Waals surface area contributed by atoms with Crippen LogP contribution in [0.25, 0.3) is 0 Å². The summed E-state index contributed by atoms with van der Waals surface area (Å²) in [7, 11) is 0. The topological polar surface area (TPSA) is 15.7 Å². The molecule has 28 heavy (non-hydrogen) atoms. The van der Waals surface area contributed by atoms with Gasteiger partial charge < -0.3 is 4.74 Å². The van der Waals surface area contributed by atoms with E-state index in [4.69, 9.17) is 4.74 Å². The van der Waals surface area contributed by atoms with Crippen LogP contribution in [-0.4, -0.2) is 61.3 Å². The lowest BCUT2D eigenvalue weighted by molar-refractivity contribution is 0.0606. The molecule has 4 rings (SSSR count). The van der Waals surface area contributed by atoms with Gasteiger partial charge in [0.05, 0.1) is 6.10 Å². The summed E-state index contributed by atoms with van der Waals surface area (Å²) in [6.45, 7) is 11.4. The number of likely N-dealkylation sites (tertiary alicyclic amines) is 1. The molecule has 1 aromatic carbocycles. The van der Waals surface area contributed by atoms with Crippen molar-refractivity contribution in [3.05, 3.63) is 47.0 Å². The fourth-order valence-electron chi connectivity index (χ4n) is 5.38. The maximum Gasteiger partial charge on any atom is 0.0702 e. The second-order valence-corrected chi connectivity index (χ2v) is 9.27. The van der Waals surface area contributed by atoms with Crippen LogP contribution in [0.5, 0.6) is 0 Å². The number of hydrogen-bond acceptors (Lipinski definition) is 3. The molecule has 1 atom stereocenters. The summed E-state index contributed by atoms with van der Waals surface area (Å²) in [4.78, 5) is 5.45. The van der Waals surface area contributed by atoms with Crippen molar-refractivity contribution in [2.45, 2.75) is 64.5 Å². The highest BCUT2D eigenvalue weighted by Gasteiger charge is 2.30. The number of hydrogen-bond donors (Lipinski definition) is 0. The minimum atomic E-state index is 0.460. The molecule has 154 valence electrons. The number of nitrogens with zero attached hydrogens (tertiary/aromatic N) is 2. The summed E-state index contributed by atoms with van der Waals surface area (Å²) in [5, 5.41) is 0. The van der Waals surface area contributed by atoms with E-state index in [1.165, 1.54) is 63.7 Å². The molecule has 0 radical (unpaired) electrons. The fourth-order valence-corrected chi connectivity index (χ4v) is 5.38. The number of fused-ring (bicyclic) bond motifs is 1. The van der Waals surface area contributed by atoms with Crippen molar-refractivity contribution in [2.75, 3.05) is 39.3 Å². The van der Waals surface area contributed by atoms with Gasteiger partial charge in [-0.3, -0.25) is 9.80 Å². The molecule has 0 saturated carbocycles. The predicted octanol–water partition coefficient (Wildman–Crippen LogP) is 4.31. The minimum absolute atomic E-state index is 0.460. The van der Waals surface area contributed by atoms with E-state index in [2.05, 4.69) is 54.0 Å². The van der Waals surface area contributed by atoms with E-state index in [1.54, 1.807) is 11.1 Å². The van der Waals surface area contributed by atoms with Crippen LogP contribution in [0.2, 0.25) is 0 Å². The molecule has 2 fully saturated rings. The predicted molar refractivity (Wildman–Crippen MR) is 117 cm³/mol. The standard InChI is InChI=1S/C25H38N2O/c1-3-20(2)17-26(19-25-9-6-14-28-25)18-21-10-12-27(13-11-21)24-15-22-7-4-5-8-23(22)16-24/h3-5,7-8,21,24-25H,6,9-19H2,1-2H3/b20-3+/t25-/m0/s1. The van der Waals surface area contributed by atoms with E-state index in [0.29, 0.717) is 6.10 Å². The van der Waals surface area contributed by atoms with E-state index in [1.807, 2.05) is 0 Å². The molecule has 3 nitrogen and oxygen atoms in total. The minimum Gasteiger partial charge on any atom is -0.377 e. The van der Waals surface area contributed by atoms with E-state index >= 15 is 0 Å². The largest absolute Gasteiger partial charge is 0.377 e. The molecule has 3 aliphatic rings. The van der Waals surface area contributed by atoms with Crippen molar-refractivity contribution in [1.82, 2.24) is 9.80 Å². The molecule has 3 heteroatoms. The number of piperidine rings is 1. The highest BCUT2D eigenvalue weighted by molar-refractivity contribution is 5.33. The molecule has 0 bridgehead atoms. The molecule has 0 N–H and O–H groups in total. The van der Waals surface area contributed by atoms with Gasteiger partial charge in [0.2, 0.25) is 0 Å². The Bertz CT molecular complexity index is 631. The number of benzene rings is 1. The molecule has 0 unspecified atom stereocenters. The molecule has 2 aliphatic heterocycles. The zero-order chi connectivity index (χ0) is 19.3. The lowest BCUT2D eigenvalue weighted by Gasteiger charge is -2.38. The smallest absolute Gasteiger partial charge is 0.0702 e. The Balaban J connectivity index is 1.27. The first-order valence-electron chi connectivity index (χ1n) is 11.5. The summed E-state index contributed by atoms with van der Waals surface area (Å²) in [5.41, 5.74) is 4.65. The first kappa shape index (κ1) is 20.1. The molecule has 0 spiro atoms. The Labute approximate surface area is 171 Å². The molecule has 1 aliphatic carbocycles. The second kappa shape index (κ2) is 9.56. The van der Waals surface area contributed by atoms with Gasteiger partial charge in [0.25, 0.3) is 0 Å². The molecule has 2 saturated heterocycles. The molecule has 0 aromatic heterocycles.